The maximum Gasteiger partial charge on any atom is 0.303 e. The Labute approximate surface area is 117 Å². The summed E-state index contributed by atoms with van der Waals surface area (Å²) in [5.74, 6) is -0.580. The van der Waals surface area contributed by atoms with E-state index in [-0.39, 0.29) is 23.3 Å². The highest BCUT2D eigenvalue weighted by atomic mass is 32.2. The topological polar surface area (TPSA) is 88.5 Å². The van der Waals surface area contributed by atoms with Crippen LogP contribution in [0.4, 0.5) is 0 Å². The second-order valence-electron chi connectivity index (χ2n) is 6.29. The Hall–Kier alpha value is -0.430. The van der Waals surface area contributed by atoms with E-state index in [1.165, 1.54) is 0 Å². The standard InChI is InChI=1S/C12H22O5S2/c1-11(2,3)19(16,17)7-6-18(15)9-12(4-5-12)8-10(13)14/h4-9H2,1-3H3,(H,13,14). The van der Waals surface area contributed by atoms with Gasteiger partial charge < -0.3 is 5.11 Å². The van der Waals surface area contributed by atoms with E-state index in [4.69, 9.17) is 5.11 Å². The third-order valence-electron chi connectivity index (χ3n) is 3.46. The van der Waals surface area contributed by atoms with Crippen molar-refractivity contribution in [3.05, 3.63) is 0 Å². The van der Waals surface area contributed by atoms with Crippen LogP contribution in [0.25, 0.3) is 0 Å². The number of hydrogen-bond acceptors (Lipinski definition) is 4. The van der Waals surface area contributed by atoms with Gasteiger partial charge in [0.15, 0.2) is 9.84 Å². The molecular formula is C12H22O5S2. The van der Waals surface area contributed by atoms with E-state index < -0.39 is 31.4 Å². The summed E-state index contributed by atoms with van der Waals surface area (Å²) < 4.78 is 34.8. The SMILES string of the molecule is CC(C)(C)S(=O)(=O)CCS(=O)CC1(CC(=O)O)CC1. The zero-order valence-electron chi connectivity index (χ0n) is 11.6. The number of hydrogen-bond donors (Lipinski definition) is 1. The fourth-order valence-corrected chi connectivity index (χ4v) is 5.24. The molecule has 0 aromatic carbocycles. The second-order valence-corrected chi connectivity index (χ2v) is 10.7. The van der Waals surface area contributed by atoms with E-state index >= 15 is 0 Å². The van der Waals surface area contributed by atoms with Gasteiger partial charge in [-0.05, 0) is 39.0 Å². The highest BCUT2D eigenvalue weighted by Crippen LogP contribution is 2.49. The fourth-order valence-electron chi connectivity index (χ4n) is 1.79. The molecule has 19 heavy (non-hydrogen) atoms. The smallest absolute Gasteiger partial charge is 0.303 e. The van der Waals surface area contributed by atoms with Crippen LogP contribution in [-0.4, -0.2) is 45.7 Å². The average Bonchev–Trinajstić information content (AvgIpc) is 2.92. The van der Waals surface area contributed by atoms with Crippen molar-refractivity contribution >= 4 is 26.6 Å². The molecule has 1 fully saturated rings. The van der Waals surface area contributed by atoms with E-state index in [9.17, 15) is 17.4 Å². The third-order valence-corrected chi connectivity index (χ3v) is 7.92. The van der Waals surface area contributed by atoms with E-state index in [1.807, 2.05) is 0 Å². The molecule has 0 aromatic heterocycles. The Morgan fingerprint density at radius 3 is 2.21 bits per heavy atom. The van der Waals surface area contributed by atoms with Crippen LogP contribution in [-0.2, 0) is 25.4 Å². The lowest BCUT2D eigenvalue weighted by Crippen LogP contribution is -2.33. The van der Waals surface area contributed by atoms with E-state index in [0.717, 1.165) is 12.8 Å². The van der Waals surface area contributed by atoms with Gasteiger partial charge in [-0.2, -0.15) is 0 Å². The molecule has 7 heteroatoms. The maximum absolute atomic E-state index is 11.9. The molecule has 0 aromatic rings. The second kappa shape index (κ2) is 5.52. The van der Waals surface area contributed by atoms with Crippen LogP contribution in [0.3, 0.4) is 0 Å². The third kappa shape index (κ3) is 4.87. The van der Waals surface area contributed by atoms with Crippen molar-refractivity contribution in [1.29, 1.82) is 0 Å². The van der Waals surface area contributed by atoms with Gasteiger partial charge in [0, 0.05) is 22.3 Å². The molecular weight excluding hydrogens is 288 g/mol. The summed E-state index contributed by atoms with van der Waals surface area (Å²) in [6.07, 6.45) is 1.58. The molecule has 1 atom stereocenters. The number of aliphatic carboxylic acids is 1. The van der Waals surface area contributed by atoms with Gasteiger partial charge in [0.25, 0.3) is 0 Å². The van der Waals surface area contributed by atoms with Gasteiger partial charge >= 0.3 is 5.97 Å². The predicted octanol–water partition coefficient (Wildman–Crippen LogP) is 1.20. The molecule has 1 rings (SSSR count). The Morgan fingerprint density at radius 1 is 1.32 bits per heavy atom. The average molecular weight is 310 g/mol. The summed E-state index contributed by atoms with van der Waals surface area (Å²) in [5, 5.41) is 8.77. The number of carbonyl (C=O) groups is 1. The highest BCUT2D eigenvalue weighted by Gasteiger charge is 2.45. The minimum absolute atomic E-state index is 0.0325. The summed E-state index contributed by atoms with van der Waals surface area (Å²) >= 11 is 0. The van der Waals surface area contributed by atoms with Crippen LogP contribution in [0, 0.1) is 5.41 Å². The predicted molar refractivity (Wildman–Crippen MR) is 75.3 cm³/mol. The summed E-state index contributed by atoms with van der Waals surface area (Å²) in [4.78, 5) is 10.7. The number of rotatable bonds is 7. The minimum Gasteiger partial charge on any atom is -0.481 e. The van der Waals surface area contributed by atoms with Crippen LogP contribution in [0.15, 0.2) is 0 Å². The molecule has 0 amide bonds. The number of carboxylic acids is 1. The molecule has 112 valence electrons. The van der Waals surface area contributed by atoms with Crippen molar-refractivity contribution < 1.29 is 22.5 Å². The molecule has 0 bridgehead atoms. The van der Waals surface area contributed by atoms with Crippen LogP contribution in [0.5, 0.6) is 0 Å². The number of sulfone groups is 1. The summed E-state index contributed by atoms with van der Waals surface area (Å²) in [6.45, 7) is 4.87. The van der Waals surface area contributed by atoms with Crippen molar-refractivity contribution in [1.82, 2.24) is 0 Å². The van der Waals surface area contributed by atoms with Crippen LogP contribution < -0.4 is 0 Å². The van der Waals surface area contributed by atoms with Crippen LogP contribution in [0.1, 0.15) is 40.0 Å². The van der Waals surface area contributed by atoms with Crippen molar-refractivity contribution in [2.24, 2.45) is 5.41 Å². The first-order valence-electron chi connectivity index (χ1n) is 6.27. The molecule has 1 N–H and O–H groups in total. The largest absolute Gasteiger partial charge is 0.481 e. The summed E-state index contributed by atoms with van der Waals surface area (Å²) in [6, 6.07) is 0. The molecule has 5 nitrogen and oxygen atoms in total. The van der Waals surface area contributed by atoms with E-state index in [2.05, 4.69) is 0 Å². The van der Waals surface area contributed by atoms with Crippen LogP contribution in [0.2, 0.25) is 0 Å². The van der Waals surface area contributed by atoms with Gasteiger partial charge in [0.1, 0.15) is 0 Å². The normalized spacial score (nSPS) is 19.9. The molecule has 0 spiro atoms. The quantitative estimate of drug-likeness (QED) is 0.763. The lowest BCUT2D eigenvalue weighted by atomic mass is 10.1. The van der Waals surface area contributed by atoms with Crippen molar-refractivity contribution in [2.75, 3.05) is 17.3 Å². The molecule has 1 aliphatic carbocycles. The van der Waals surface area contributed by atoms with Gasteiger partial charge in [-0.1, -0.05) is 0 Å². The molecule has 0 heterocycles. The molecule has 0 saturated heterocycles. The van der Waals surface area contributed by atoms with E-state index in [0.29, 0.717) is 5.75 Å². The van der Waals surface area contributed by atoms with Gasteiger partial charge in [-0.15, -0.1) is 0 Å². The van der Waals surface area contributed by atoms with Crippen molar-refractivity contribution in [3.63, 3.8) is 0 Å². The minimum atomic E-state index is -3.26. The van der Waals surface area contributed by atoms with Crippen molar-refractivity contribution in [2.45, 2.75) is 44.8 Å². The molecule has 1 unspecified atom stereocenters. The Kier molecular flexibility index (Phi) is 4.83. The molecule has 0 aliphatic heterocycles. The molecule has 1 aliphatic rings. The maximum atomic E-state index is 11.9. The number of carboxylic acid groups (broad SMARTS) is 1. The first-order valence-corrected chi connectivity index (χ1v) is 9.41. The zero-order valence-corrected chi connectivity index (χ0v) is 13.3. The summed E-state index contributed by atoms with van der Waals surface area (Å²) in [5.41, 5.74) is -0.345. The Bertz CT molecular complexity index is 469. The molecule has 0 radical (unpaired) electrons. The monoisotopic (exact) mass is 310 g/mol. The van der Waals surface area contributed by atoms with E-state index in [1.54, 1.807) is 20.8 Å². The fraction of sp³-hybridized carbons (Fsp3) is 0.917. The lowest BCUT2D eigenvalue weighted by molar-refractivity contribution is -0.138. The highest BCUT2D eigenvalue weighted by molar-refractivity contribution is 7.94. The van der Waals surface area contributed by atoms with Crippen LogP contribution >= 0.6 is 0 Å². The Morgan fingerprint density at radius 2 is 1.84 bits per heavy atom. The lowest BCUT2D eigenvalue weighted by Gasteiger charge is -2.19. The molecule has 1 saturated carbocycles. The first-order chi connectivity index (χ1) is 8.47. The van der Waals surface area contributed by atoms with Gasteiger partial charge in [0.2, 0.25) is 0 Å². The van der Waals surface area contributed by atoms with Gasteiger partial charge in [0.05, 0.1) is 16.9 Å². The van der Waals surface area contributed by atoms with Gasteiger partial charge in [-0.25, -0.2) is 8.42 Å². The Balaban J connectivity index is 2.48. The summed E-state index contributed by atoms with van der Waals surface area (Å²) in [7, 11) is -4.53. The van der Waals surface area contributed by atoms with Crippen molar-refractivity contribution in [3.8, 4) is 0 Å². The first kappa shape index (κ1) is 16.6. The zero-order chi connectivity index (χ0) is 14.9. The van der Waals surface area contributed by atoms with Gasteiger partial charge in [-0.3, -0.25) is 9.00 Å².